The van der Waals surface area contributed by atoms with E-state index in [2.05, 4.69) is 9.97 Å². The molecule has 33 heavy (non-hydrogen) atoms. The molecule has 2 aromatic rings. The molecule has 1 saturated carbocycles. The average molecular weight is 482 g/mol. The van der Waals surface area contributed by atoms with E-state index in [4.69, 9.17) is 4.74 Å². The van der Waals surface area contributed by atoms with E-state index >= 15 is 0 Å². The minimum atomic E-state index is -4.67. The molecular formula is C21H21F3N4O4S. The molecule has 176 valence electrons. The fourth-order valence-electron chi connectivity index (χ4n) is 4.35. The molecule has 0 radical (unpaired) electrons. The number of fused-ring (bicyclic) bond motifs is 1. The third-order valence-corrected chi connectivity index (χ3v) is 8.10. The van der Waals surface area contributed by atoms with E-state index in [1.165, 1.54) is 11.1 Å². The smallest absolute Gasteiger partial charge is 0.416 e. The molecular weight excluding hydrogens is 461 g/mol. The second kappa shape index (κ2) is 7.66. The third kappa shape index (κ3) is 4.05. The van der Waals surface area contributed by atoms with Crippen LogP contribution in [-0.4, -0.2) is 58.9 Å². The minimum Gasteiger partial charge on any atom is -0.448 e. The van der Waals surface area contributed by atoms with Crippen molar-refractivity contribution < 1.29 is 31.1 Å². The first kappa shape index (κ1) is 22.1. The summed E-state index contributed by atoms with van der Waals surface area (Å²) in [6.45, 7) is -0.213. The summed E-state index contributed by atoms with van der Waals surface area (Å²) < 4.78 is 73.0. The average Bonchev–Trinajstić information content (AvgIpc) is 3.58. The molecule has 1 aromatic carbocycles. The van der Waals surface area contributed by atoms with E-state index in [1.807, 2.05) is 0 Å². The highest BCUT2D eigenvalue weighted by Crippen LogP contribution is 2.40. The molecule has 1 unspecified atom stereocenters. The van der Waals surface area contributed by atoms with E-state index in [1.54, 1.807) is 6.20 Å². The SMILES string of the molecule is O=C1CCC2(Oc3cnc(C4CC4)cn3)CN(S(=O)(=O)c3cccc(C(F)(F)F)c3)CCN12. The van der Waals surface area contributed by atoms with Crippen molar-refractivity contribution in [3.8, 4) is 5.88 Å². The summed E-state index contributed by atoms with van der Waals surface area (Å²) in [7, 11) is -4.26. The second-order valence-corrected chi connectivity index (χ2v) is 10.4. The lowest BCUT2D eigenvalue weighted by molar-refractivity contribution is -0.148. The Labute approximate surface area is 188 Å². The fourth-order valence-corrected chi connectivity index (χ4v) is 5.87. The van der Waals surface area contributed by atoms with Gasteiger partial charge in [-0.3, -0.25) is 9.78 Å². The Morgan fingerprint density at radius 3 is 2.58 bits per heavy atom. The van der Waals surface area contributed by atoms with Gasteiger partial charge in [-0.05, 0) is 31.0 Å². The monoisotopic (exact) mass is 482 g/mol. The van der Waals surface area contributed by atoms with Crippen LogP contribution in [0, 0.1) is 0 Å². The molecule has 2 saturated heterocycles. The number of benzene rings is 1. The maximum atomic E-state index is 13.2. The van der Waals surface area contributed by atoms with Gasteiger partial charge in [0.15, 0.2) is 0 Å². The van der Waals surface area contributed by atoms with Gasteiger partial charge < -0.3 is 9.64 Å². The molecule has 3 heterocycles. The normalized spacial score (nSPS) is 24.1. The number of aromatic nitrogens is 2. The lowest BCUT2D eigenvalue weighted by atomic mass is 10.1. The van der Waals surface area contributed by atoms with E-state index < -0.39 is 32.4 Å². The first-order valence-corrected chi connectivity index (χ1v) is 12.0. The highest BCUT2D eigenvalue weighted by Gasteiger charge is 2.53. The van der Waals surface area contributed by atoms with Crippen molar-refractivity contribution in [2.24, 2.45) is 0 Å². The Hall–Kier alpha value is -2.73. The van der Waals surface area contributed by atoms with Gasteiger partial charge >= 0.3 is 6.18 Å². The van der Waals surface area contributed by atoms with Crippen molar-refractivity contribution in [1.29, 1.82) is 0 Å². The highest BCUT2D eigenvalue weighted by molar-refractivity contribution is 7.89. The van der Waals surface area contributed by atoms with Crippen LogP contribution in [0.25, 0.3) is 0 Å². The molecule has 0 bridgehead atoms. The van der Waals surface area contributed by atoms with Crippen LogP contribution >= 0.6 is 0 Å². The van der Waals surface area contributed by atoms with Crippen LogP contribution in [0.4, 0.5) is 13.2 Å². The molecule has 0 N–H and O–H groups in total. The molecule has 0 spiro atoms. The lowest BCUT2D eigenvalue weighted by Crippen LogP contribution is -2.64. The van der Waals surface area contributed by atoms with Crippen LogP contribution < -0.4 is 4.74 Å². The summed E-state index contributed by atoms with van der Waals surface area (Å²) in [5.74, 6) is 0.392. The number of hydrogen-bond donors (Lipinski definition) is 0. The number of ether oxygens (including phenoxy) is 1. The van der Waals surface area contributed by atoms with Crippen LogP contribution in [0.2, 0.25) is 0 Å². The van der Waals surface area contributed by atoms with Gasteiger partial charge in [0.1, 0.15) is 0 Å². The molecule has 1 atom stereocenters. The summed E-state index contributed by atoms with van der Waals surface area (Å²) in [4.78, 5) is 22.1. The predicted octanol–water partition coefficient (Wildman–Crippen LogP) is 2.77. The van der Waals surface area contributed by atoms with Gasteiger partial charge in [0, 0.05) is 31.8 Å². The Bertz CT molecular complexity index is 1180. The van der Waals surface area contributed by atoms with Crippen molar-refractivity contribution in [2.45, 2.75) is 48.4 Å². The molecule has 5 rings (SSSR count). The summed E-state index contributed by atoms with van der Waals surface area (Å²) in [6, 6.07) is 3.64. The Kier molecular flexibility index (Phi) is 5.12. The molecule has 8 nitrogen and oxygen atoms in total. The Morgan fingerprint density at radius 2 is 1.91 bits per heavy atom. The minimum absolute atomic E-state index is 0.0538. The van der Waals surface area contributed by atoms with Crippen LogP contribution in [0.3, 0.4) is 0 Å². The number of nitrogens with zero attached hydrogens (tertiary/aromatic N) is 4. The molecule has 12 heteroatoms. The molecule has 3 fully saturated rings. The zero-order chi connectivity index (χ0) is 23.4. The van der Waals surface area contributed by atoms with Crippen molar-refractivity contribution in [3.63, 3.8) is 0 Å². The van der Waals surface area contributed by atoms with Crippen molar-refractivity contribution >= 4 is 15.9 Å². The van der Waals surface area contributed by atoms with Crippen LogP contribution in [0.1, 0.15) is 42.9 Å². The number of sulfonamides is 1. The standard InChI is InChI=1S/C21H21F3N4O4S/c22-21(23,24)15-2-1-3-16(10-15)33(30,31)27-8-9-28-19(29)6-7-20(28,13-27)32-18-12-25-17(11-26-18)14-4-5-14/h1-3,10-12,14H,4-9,13H2. The first-order valence-electron chi connectivity index (χ1n) is 10.6. The second-order valence-electron chi connectivity index (χ2n) is 8.51. The number of piperazine rings is 1. The summed E-state index contributed by atoms with van der Waals surface area (Å²) in [5, 5.41) is 0. The number of carbonyl (C=O) groups is 1. The van der Waals surface area contributed by atoms with Gasteiger partial charge in [-0.25, -0.2) is 13.4 Å². The number of rotatable bonds is 5. The number of amides is 1. The number of alkyl halides is 3. The van der Waals surface area contributed by atoms with E-state index in [0.717, 1.165) is 41.0 Å². The fraction of sp³-hybridized carbons (Fsp3) is 0.476. The first-order chi connectivity index (χ1) is 15.6. The molecule has 2 aliphatic heterocycles. The molecule has 3 aliphatic rings. The zero-order valence-electron chi connectivity index (χ0n) is 17.5. The maximum absolute atomic E-state index is 13.2. The summed E-state index contributed by atoms with van der Waals surface area (Å²) in [5.41, 5.74) is -1.48. The maximum Gasteiger partial charge on any atom is 0.416 e. The summed E-state index contributed by atoms with van der Waals surface area (Å²) in [6.07, 6.45) is 0.927. The topological polar surface area (TPSA) is 92.7 Å². The van der Waals surface area contributed by atoms with E-state index in [0.29, 0.717) is 12.0 Å². The van der Waals surface area contributed by atoms with Crippen LogP contribution in [-0.2, 0) is 21.0 Å². The van der Waals surface area contributed by atoms with Crippen molar-refractivity contribution in [2.75, 3.05) is 19.6 Å². The van der Waals surface area contributed by atoms with Crippen molar-refractivity contribution in [1.82, 2.24) is 19.2 Å². The van der Waals surface area contributed by atoms with Crippen molar-refractivity contribution in [3.05, 3.63) is 47.9 Å². The quantitative estimate of drug-likeness (QED) is 0.651. The van der Waals surface area contributed by atoms with Gasteiger partial charge in [0.25, 0.3) is 0 Å². The van der Waals surface area contributed by atoms with Gasteiger partial charge in [-0.2, -0.15) is 17.5 Å². The number of carbonyl (C=O) groups excluding carboxylic acids is 1. The largest absolute Gasteiger partial charge is 0.448 e. The van der Waals surface area contributed by atoms with Crippen LogP contribution in [0.15, 0.2) is 41.6 Å². The number of halogens is 3. The zero-order valence-corrected chi connectivity index (χ0v) is 18.3. The summed E-state index contributed by atoms with van der Waals surface area (Å²) >= 11 is 0. The molecule has 1 aromatic heterocycles. The Balaban J connectivity index is 1.43. The highest BCUT2D eigenvalue weighted by atomic mass is 32.2. The van der Waals surface area contributed by atoms with Crippen LogP contribution in [0.5, 0.6) is 5.88 Å². The molecule has 1 aliphatic carbocycles. The van der Waals surface area contributed by atoms with Gasteiger partial charge in [0.05, 0.1) is 35.1 Å². The number of hydrogen-bond acceptors (Lipinski definition) is 6. The lowest BCUT2D eigenvalue weighted by Gasteiger charge is -2.45. The van der Waals surface area contributed by atoms with Gasteiger partial charge in [0.2, 0.25) is 27.5 Å². The molecule has 1 amide bonds. The Morgan fingerprint density at radius 1 is 1.12 bits per heavy atom. The van der Waals surface area contributed by atoms with Gasteiger partial charge in [-0.1, -0.05) is 6.07 Å². The predicted molar refractivity (Wildman–Crippen MR) is 109 cm³/mol. The third-order valence-electron chi connectivity index (χ3n) is 6.26. The van der Waals surface area contributed by atoms with E-state index in [9.17, 15) is 26.4 Å². The van der Waals surface area contributed by atoms with E-state index in [-0.39, 0.29) is 44.3 Å². The van der Waals surface area contributed by atoms with Gasteiger partial charge in [-0.15, -0.1) is 0 Å².